The van der Waals surface area contributed by atoms with E-state index in [1.54, 1.807) is 0 Å². The second kappa shape index (κ2) is 7.68. The van der Waals surface area contributed by atoms with Gasteiger partial charge in [0.1, 0.15) is 6.04 Å². The van der Waals surface area contributed by atoms with Gasteiger partial charge in [-0.3, -0.25) is 4.79 Å². The van der Waals surface area contributed by atoms with E-state index in [2.05, 4.69) is 5.32 Å². The molecule has 114 valence electrons. The van der Waals surface area contributed by atoms with Crippen LogP contribution < -0.4 is 11.1 Å². The van der Waals surface area contributed by atoms with E-state index in [4.69, 9.17) is 15.6 Å². The maximum absolute atomic E-state index is 12.0. The number of piperidine rings is 1. The van der Waals surface area contributed by atoms with Crippen LogP contribution in [0.25, 0.3) is 0 Å². The Morgan fingerprint density at radius 3 is 2.75 bits per heavy atom. The summed E-state index contributed by atoms with van der Waals surface area (Å²) in [5.74, 6) is -2.06. The van der Waals surface area contributed by atoms with Crippen LogP contribution in [0.4, 0.5) is 4.79 Å². The number of nitrogens with two attached hydrogens (primary N) is 1. The monoisotopic (exact) mass is 287 g/mol. The van der Waals surface area contributed by atoms with E-state index in [1.807, 2.05) is 6.92 Å². The SMILES string of the molecule is CCOC1CCCN(C(=O)NC(CC(N)=O)C(=O)O)C1. The third-order valence-corrected chi connectivity index (χ3v) is 3.07. The van der Waals surface area contributed by atoms with Gasteiger partial charge in [-0.15, -0.1) is 0 Å². The van der Waals surface area contributed by atoms with Crippen LogP contribution in [0, 0.1) is 0 Å². The average molecular weight is 287 g/mol. The lowest BCUT2D eigenvalue weighted by Gasteiger charge is -2.33. The second-order valence-corrected chi connectivity index (χ2v) is 4.68. The highest BCUT2D eigenvalue weighted by Crippen LogP contribution is 2.13. The Morgan fingerprint density at radius 1 is 1.50 bits per heavy atom. The van der Waals surface area contributed by atoms with Crippen molar-refractivity contribution in [3.8, 4) is 0 Å². The predicted molar refractivity (Wildman–Crippen MR) is 70.0 cm³/mol. The molecule has 0 spiro atoms. The molecule has 0 radical (unpaired) electrons. The summed E-state index contributed by atoms with van der Waals surface area (Å²) in [6, 6.07) is -1.81. The van der Waals surface area contributed by atoms with Crippen molar-refractivity contribution in [1.29, 1.82) is 0 Å². The Balaban J connectivity index is 2.55. The minimum Gasteiger partial charge on any atom is -0.480 e. The summed E-state index contributed by atoms with van der Waals surface area (Å²) in [5.41, 5.74) is 4.96. The minimum atomic E-state index is -1.30. The van der Waals surface area contributed by atoms with Gasteiger partial charge in [-0.05, 0) is 19.8 Å². The number of carbonyl (C=O) groups excluding carboxylic acids is 2. The molecule has 4 N–H and O–H groups in total. The first-order valence-corrected chi connectivity index (χ1v) is 6.62. The average Bonchev–Trinajstić information content (AvgIpc) is 2.38. The zero-order valence-corrected chi connectivity index (χ0v) is 11.5. The van der Waals surface area contributed by atoms with Gasteiger partial charge in [0.05, 0.1) is 12.5 Å². The molecule has 1 fully saturated rings. The van der Waals surface area contributed by atoms with Crippen LogP contribution in [0.2, 0.25) is 0 Å². The highest BCUT2D eigenvalue weighted by atomic mass is 16.5. The minimum absolute atomic E-state index is 0.0288. The van der Waals surface area contributed by atoms with Gasteiger partial charge >= 0.3 is 12.0 Å². The van der Waals surface area contributed by atoms with Gasteiger partial charge in [-0.2, -0.15) is 0 Å². The first-order valence-electron chi connectivity index (χ1n) is 6.62. The largest absolute Gasteiger partial charge is 0.480 e. The number of aliphatic carboxylic acids is 1. The molecule has 1 aliphatic rings. The van der Waals surface area contributed by atoms with Crippen molar-refractivity contribution >= 4 is 17.9 Å². The van der Waals surface area contributed by atoms with E-state index in [0.29, 0.717) is 19.7 Å². The van der Waals surface area contributed by atoms with Gasteiger partial charge < -0.3 is 25.8 Å². The molecule has 0 aromatic rings. The third kappa shape index (κ3) is 5.04. The lowest BCUT2D eigenvalue weighted by atomic mass is 10.1. The summed E-state index contributed by atoms with van der Waals surface area (Å²) in [5, 5.41) is 11.3. The van der Waals surface area contributed by atoms with E-state index in [9.17, 15) is 14.4 Å². The number of ether oxygens (including phenoxy) is 1. The molecule has 1 heterocycles. The summed E-state index contributed by atoms with van der Waals surface area (Å²) in [7, 11) is 0. The van der Waals surface area contributed by atoms with Crippen LogP contribution in [-0.2, 0) is 14.3 Å². The quantitative estimate of drug-likeness (QED) is 0.609. The van der Waals surface area contributed by atoms with Gasteiger partial charge in [-0.25, -0.2) is 9.59 Å². The molecule has 0 saturated carbocycles. The number of carboxylic acid groups (broad SMARTS) is 1. The second-order valence-electron chi connectivity index (χ2n) is 4.68. The van der Waals surface area contributed by atoms with E-state index < -0.39 is 30.4 Å². The summed E-state index contributed by atoms with van der Waals surface area (Å²) in [4.78, 5) is 35.2. The molecule has 2 atom stereocenters. The van der Waals surface area contributed by atoms with Crippen LogP contribution in [0.1, 0.15) is 26.2 Å². The molecule has 8 heteroatoms. The molecular formula is C12H21N3O5. The lowest BCUT2D eigenvalue weighted by molar-refractivity contribution is -0.141. The summed E-state index contributed by atoms with van der Waals surface area (Å²) in [6.45, 7) is 3.41. The topological polar surface area (TPSA) is 122 Å². The number of hydrogen-bond donors (Lipinski definition) is 3. The van der Waals surface area contributed by atoms with E-state index in [1.165, 1.54) is 4.90 Å². The first-order chi connectivity index (χ1) is 9.43. The van der Waals surface area contributed by atoms with Gasteiger partial charge in [0.15, 0.2) is 0 Å². The van der Waals surface area contributed by atoms with E-state index >= 15 is 0 Å². The molecule has 0 aromatic carbocycles. The van der Waals surface area contributed by atoms with Gasteiger partial charge in [0, 0.05) is 19.7 Å². The third-order valence-electron chi connectivity index (χ3n) is 3.07. The van der Waals surface area contributed by atoms with Crippen LogP contribution in [0.15, 0.2) is 0 Å². The van der Waals surface area contributed by atoms with E-state index in [-0.39, 0.29) is 6.10 Å². The summed E-state index contributed by atoms with van der Waals surface area (Å²) in [6.07, 6.45) is 1.22. The molecule has 0 aliphatic carbocycles. The maximum Gasteiger partial charge on any atom is 0.326 e. The van der Waals surface area contributed by atoms with Crippen molar-refractivity contribution in [3.63, 3.8) is 0 Å². The summed E-state index contributed by atoms with van der Waals surface area (Å²) >= 11 is 0. The van der Waals surface area contributed by atoms with Crippen molar-refractivity contribution in [3.05, 3.63) is 0 Å². The molecular weight excluding hydrogens is 266 g/mol. The van der Waals surface area contributed by atoms with Gasteiger partial charge in [-0.1, -0.05) is 0 Å². The number of nitrogens with zero attached hydrogens (tertiary/aromatic N) is 1. The van der Waals surface area contributed by atoms with Crippen molar-refractivity contribution in [1.82, 2.24) is 10.2 Å². The number of likely N-dealkylation sites (tertiary alicyclic amines) is 1. The van der Waals surface area contributed by atoms with Gasteiger partial charge in [0.2, 0.25) is 5.91 Å². The highest BCUT2D eigenvalue weighted by Gasteiger charge is 2.28. The van der Waals surface area contributed by atoms with Crippen molar-refractivity contribution in [2.75, 3.05) is 19.7 Å². The zero-order valence-electron chi connectivity index (χ0n) is 11.5. The van der Waals surface area contributed by atoms with E-state index in [0.717, 1.165) is 12.8 Å². The smallest absolute Gasteiger partial charge is 0.326 e. The molecule has 1 rings (SSSR count). The molecule has 3 amide bonds. The Bertz CT molecular complexity index is 372. The Morgan fingerprint density at radius 2 is 2.20 bits per heavy atom. The Kier molecular flexibility index (Phi) is 6.23. The zero-order chi connectivity index (χ0) is 15.1. The van der Waals surface area contributed by atoms with Gasteiger partial charge in [0.25, 0.3) is 0 Å². The number of primary amides is 1. The normalized spacial score (nSPS) is 20.2. The number of amides is 3. The van der Waals surface area contributed by atoms with Crippen molar-refractivity contribution in [2.45, 2.75) is 38.3 Å². The molecule has 2 unspecified atom stereocenters. The highest BCUT2D eigenvalue weighted by molar-refractivity contribution is 5.87. The molecule has 20 heavy (non-hydrogen) atoms. The fraction of sp³-hybridized carbons (Fsp3) is 0.750. The molecule has 0 bridgehead atoms. The Labute approximate surface area is 117 Å². The molecule has 0 aromatic heterocycles. The van der Waals surface area contributed by atoms with Crippen LogP contribution in [-0.4, -0.2) is 59.8 Å². The Hall–Kier alpha value is -1.83. The number of carboxylic acids is 1. The number of hydrogen-bond acceptors (Lipinski definition) is 4. The van der Waals surface area contributed by atoms with Crippen LogP contribution >= 0.6 is 0 Å². The maximum atomic E-state index is 12.0. The van der Waals surface area contributed by atoms with Crippen LogP contribution in [0.5, 0.6) is 0 Å². The first kappa shape index (κ1) is 16.2. The molecule has 8 nitrogen and oxygen atoms in total. The number of nitrogens with one attached hydrogen (secondary N) is 1. The molecule has 1 saturated heterocycles. The van der Waals surface area contributed by atoms with Crippen molar-refractivity contribution in [2.24, 2.45) is 5.73 Å². The summed E-state index contributed by atoms with van der Waals surface area (Å²) < 4.78 is 5.47. The van der Waals surface area contributed by atoms with Crippen molar-refractivity contribution < 1.29 is 24.2 Å². The lowest BCUT2D eigenvalue weighted by Crippen LogP contribution is -2.52. The number of urea groups is 1. The number of rotatable bonds is 6. The molecule has 1 aliphatic heterocycles. The predicted octanol–water partition coefficient (Wildman–Crippen LogP) is -0.474. The fourth-order valence-electron chi connectivity index (χ4n) is 2.14. The van der Waals surface area contributed by atoms with Crippen LogP contribution in [0.3, 0.4) is 0 Å². The fourth-order valence-corrected chi connectivity index (χ4v) is 2.14. The number of carbonyl (C=O) groups is 3. The standard InChI is InChI=1S/C12H21N3O5/c1-2-20-8-4-3-5-15(7-8)12(19)14-9(11(17)18)6-10(13)16/h8-9H,2-7H2,1H3,(H2,13,16)(H,14,19)(H,17,18).